The van der Waals surface area contributed by atoms with Crippen molar-refractivity contribution in [3.8, 4) is 5.75 Å². The maximum absolute atomic E-state index is 12.5. The van der Waals surface area contributed by atoms with E-state index in [1.807, 2.05) is 5.38 Å². The third-order valence-electron chi connectivity index (χ3n) is 4.94. The lowest BCUT2D eigenvalue weighted by molar-refractivity contribution is -0.115. The summed E-state index contributed by atoms with van der Waals surface area (Å²) in [6.45, 7) is -0.205. The molecule has 9 nitrogen and oxygen atoms in total. The van der Waals surface area contributed by atoms with E-state index in [0.717, 1.165) is 18.5 Å². The van der Waals surface area contributed by atoms with E-state index in [0.29, 0.717) is 28.0 Å². The molecule has 172 valence electrons. The fourth-order valence-corrected chi connectivity index (χ4v) is 4.86. The van der Waals surface area contributed by atoms with Gasteiger partial charge in [0.05, 0.1) is 24.2 Å². The Labute approximate surface area is 195 Å². The number of methoxy groups -OCH3 is 1. The number of thiazole rings is 1. The predicted molar refractivity (Wildman–Crippen MR) is 125 cm³/mol. The van der Waals surface area contributed by atoms with Crippen LogP contribution in [-0.2, 0) is 14.8 Å². The third kappa shape index (κ3) is 5.88. The van der Waals surface area contributed by atoms with Crippen molar-refractivity contribution in [2.24, 2.45) is 0 Å². The van der Waals surface area contributed by atoms with Gasteiger partial charge in [0.2, 0.25) is 5.91 Å². The zero-order chi connectivity index (χ0) is 23.4. The summed E-state index contributed by atoms with van der Waals surface area (Å²) in [6.07, 6.45) is 2.27. The average molecular weight is 487 g/mol. The van der Waals surface area contributed by atoms with Crippen LogP contribution in [0.2, 0.25) is 0 Å². The SMILES string of the molecule is COc1ccc(S(=O)(=O)Nc2ccc(C(=O)NCC(=O)Nc3nc(C4CC4)cs3)cc2)cc1. The number of hydrogen-bond acceptors (Lipinski definition) is 7. The van der Waals surface area contributed by atoms with Gasteiger partial charge < -0.3 is 15.4 Å². The first-order chi connectivity index (χ1) is 15.8. The van der Waals surface area contributed by atoms with Crippen LogP contribution in [0.15, 0.2) is 58.8 Å². The molecule has 0 saturated heterocycles. The molecule has 4 rings (SSSR count). The Kier molecular flexibility index (Phi) is 6.61. The minimum atomic E-state index is -3.79. The van der Waals surface area contributed by atoms with Crippen molar-refractivity contribution in [1.29, 1.82) is 0 Å². The van der Waals surface area contributed by atoms with Crippen molar-refractivity contribution in [2.45, 2.75) is 23.7 Å². The Morgan fingerprint density at radius 2 is 1.79 bits per heavy atom. The highest BCUT2D eigenvalue weighted by atomic mass is 32.2. The number of amides is 2. The molecule has 0 aliphatic heterocycles. The summed E-state index contributed by atoms with van der Waals surface area (Å²) in [5, 5.41) is 7.68. The van der Waals surface area contributed by atoms with Crippen molar-refractivity contribution >= 4 is 44.0 Å². The van der Waals surface area contributed by atoms with Crippen LogP contribution in [0, 0.1) is 0 Å². The van der Waals surface area contributed by atoms with E-state index < -0.39 is 15.9 Å². The molecule has 33 heavy (non-hydrogen) atoms. The highest BCUT2D eigenvalue weighted by Crippen LogP contribution is 2.40. The number of nitrogens with zero attached hydrogens (tertiary/aromatic N) is 1. The van der Waals surface area contributed by atoms with Gasteiger partial charge in [-0.3, -0.25) is 14.3 Å². The minimum Gasteiger partial charge on any atom is -0.497 e. The minimum absolute atomic E-state index is 0.0839. The van der Waals surface area contributed by atoms with Crippen LogP contribution in [0.25, 0.3) is 0 Å². The number of hydrogen-bond donors (Lipinski definition) is 3. The third-order valence-corrected chi connectivity index (χ3v) is 7.12. The second-order valence-corrected chi connectivity index (χ2v) is 9.98. The number of benzene rings is 2. The smallest absolute Gasteiger partial charge is 0.261 e. The quantitative estimate of drug-likeness (QED) is 0.426. The van der Waals surface area contributed by atoms with Gasteiger partial charge in [0.1, 0.15) is 5.75 Å². The molecule has 2 amide bonds. The molecule has 1 aliphatic rings. The number of anilines is 2. The van der Waals surface area contributed by atoms with E-state index in [2.05, 4.69) is 20.3 Å². The first-order valence-electron chi connectivity index (χ1n) is 10.1. The molecule has 0 atom stereocenters. The number of rotatable bonds is 9. The first-order valence-corrected chi connectivity index (χ1v) is 12.5. The van der Waals surface area contributed by atoms with Crippen molar-refractivity contribution < 1.29 is 22.7 Å². The number of sulfonamides is 1. The zero-order valence-electron chi connectivity index (χ0n) is 17.7. The van der Waals surface area contributed by atoms with E-state index in [9.17, 15) is 18.0 Å². The van der Waals surface area contributed by atoms with E-state index in [1.165, 1.54) is 54.8 Å². The fourth-order valence-electron chi connectivity index (χ4n) is 2.99. The molecule has 1 saturated carbocycles. The molecular formula is C22H22N4O5S2. The summed E-state index contributed by atoms with van der Waals surface area (Å²) < 4.78 is 32.5. The molecule has 1 heterocycles. The Bertz CT molecular complexity index is 1250. The van der Waals surface area contributed by atoms with Gasteiger partial charge in [-0.15, -0.1) is 11.3 Å². The lowest BCUT2D eigenvalue weighted by Crippen LogP contribution is -2.32. The zero-order valence-corrected chi connectivity index (χ0v) is 19.3. The Morgan fingerprint density at radius 3 is 2.42 bits per heavy atom. The summed E-state index contributed by atoms with van der Waals surface area (Å²) in [5.41, 5.74) is 1.60. The Balaban J connectivity index is 1.29. The van der Waals surface area contributed by atoms with Gasteiger partial charge in [0.15, 0.2) is 5.13 Å². The van der Waals surface area contributed by atoms with Gasteiger partial charge in [-0.2, -0.15) is 0 Å². The van der Waals surface area contributed by atoms with Crippen molar-refractivity contribution in [1.82, 2.24) is 10.3 Å². The second kappa shape index (κ2) is 9.59. The fraction of sp³-hybridized carbons (Fsp3) is 0.227. The Hall–Kier alpha value is -3.44. The maximum Gasteiger partial charge on any atom is 0.261 e. The summed E-state index contributed by atoms with van der Waals surface area (Å²) in [4.78, 5) is 28.9. The van der Waals surface area contributed by atoms with E-state index in [-0.39, 0.29) is 17.3 Å². The van der Waals surface area contributed by atoms with E-state index in [1.54, 1.807) is 12.1 Å². The number of aromatic nitrogens is 1. The summed E-state index contributed by atoms with van der Waals surface area (Å²) in [7, 11) is -2.29. The van der Waals surface area contributed by atoms with Crippen molar-refractivity contribution in [3.05, 3.63) is 65.2 Å². The number of nitrogens with one attached hydrogen (secondary N) is 3. The molecule has 3 N–H and O–H groups in total. The molecule has 0 unspecified atom stereocenters. The summed E-state index contributed by atoms with van der Waals surface area (Å²) in [6, 6.07) is 11.9. The molecule has 1 aliphatic carbocycles. The normalized spacial score (nSPS) is 13.2. The molecule has 0 bridgehead atoms. The van der Waals surface area contributed by atoms with E-state index in [4.69, 9.17) is 4.74 Å². The Morgan fingerprint density at radius 1 is 1.09 bits per heavy atom. The molecular weight excluding hydrogens is 464 g/mol. The monoisotopic (exact) mass is 486 g/mol. The van der Waals surface area contributed by atoms with Crippen molar-refractivity contribution in [2.75, 3.05) is 23.7 Å². The van der Waals surface area contributed by atoms with Crippen LogP contribution in [0.3, 0.4) is 0 Å². The highest BCUT2D eigenvalue weighted by Gasteiger charge is 2.26. The predicted octanol–water partition coefficient (Wildman–Crippen LogP) is 3.20. The van der Waals surface area contributed by atoms with Crippen LogP contribution >= 0.6 is 11.3 Å². The highest BCUT2D eigenvalue weighted by molar-refractivity contribution is 7.92. The molecule has 0 spiro atoms. The molecule has 3 aromatic rings. The number of ether oxygens (including phenoxy) is 1. The van der Waals surface area contributed by atoms with Crippen LogP contribution < -0.4 is 20.1 Å². The van der Waals surface area contributed by atoms with Crippen LogP contribution in [0.4, 0.5) is 10.8 Å². The van der Waals surface area contributed by atoms with Gasteiger partial charge in [0, 0.05) is 22.5 Å². The standard InChI is InChI=1S/C22H22N4O5S2/c1-31-17-8-10-18(11-9-17)33(29,30)26-16-6-4-15(5-7-16)21(28)23-12-20(27)25-22-24-19(13-32-22)14-2-3-14/h4-11,13-14,26H,2-3,12H2,1H3,(H,23,28)(H,24,25,27). The number of carbonyl (C=O) groups excluding carboxylic acids is 2. The molecule has 2 aromatic carbocycles. The van der Waals surface area contributed by atoms with Crippen molar-refractivity contribution in [3.63, 3.8) is 0 Å². The van der Waals surface area contributed by atoms with Gasteiger partial charge in [-0.1, -0.05) is 0 Å². The van der Waals surface area contributed by atoms with Crippen LogP contribution in [0.1, 0.15) is 34.8 Å². The lowest BCUT2D eigenvalue weighted by Gasteiger charge is -2.10. The first kappa shape index (κ1) is 22.7. The van der Waals surface area contributed by atoms with Crippen LogP contribution in [-0.4, -0.2) is 38.9 Å². The topological polar surface area (TPSA) is 126 Å². The maximum atomic E-state index is 12.5. The molecule has 11 heteroatoms. The lowest BCUT2D eigenvalue weighted by atomic mass is 10.2. The number of carbonyl (C=O) groups is 2. The molecule has 1 fully saturated rings. The molecule has 1 aromatic heterocycles. The largest absolute Gasteiger partial charge is 0.497 e. The second-order valence-electron chi connectivity index (χ2n) is 7.44. The summed E-state index contributed by atoms with van der Waals surface area (Å²) >= 11 is 1.36. The van der Waals surface area contributed by atoms with Gasteiger partial charge in [-0.25, -0.2) is 13.4 Å². The summed E-state index contributed by atoms with van der Waals surface area (Å²) in [5.74, 6) is 0.236. The average Bonchev–Trinajstić information content (AvgIpc) is 3.56. The van der Waals surface area contributed by atoms with Crippen LogP contribution in [0.5, 0.6) is 5.75 Å². The van der Waals surface area contributed by atoms with Gasteiger partial charge in [-0.05, 0) is 61.4 Å². The molecule has 0 radical (unpaired) electrons. The van der Waals surface area contributed by atoms with E-state index >= 15 is 0 Å². The van der Waals surface area contributed by atoms with Gasteiger partial charge in [0.25, 0.3) is 15.9 Å². The van der Waals surface area contributed by atoms with Gasteiger partial charge >= 0.3 is 0 Å².